The monoisotopic (exact) mass is 296 g/mol. The molecular formula is C12H13BrN2O2. The molecule has 90 valence electrons. The molecule has 0 atom stereocenters. The molecule has 0 radical (unpaired) electrons. The van der Waals surface area contributed by atoms with Crippen molar-refractivity contribution in [2.45, 2.75) is 12.8 Å². The Morgan fingerprint density at radius 1 is 1.65 bits per heavy atom. The molecule has 1 fully saturated rings. The first-order chi connectivity index (χ1) is 8.11. The fourth-order valence-corrected chi connectivity index (χ4v) is 1.89. The number of esters is 1. The minimum absolute atomic E-state index is 0.397. The van der Waals surface area contributed by atoms with Gasteiger partial charge in [0.15, 0.2) is 0 Å². The van der Waals surface area contributed by atoms with E-state index >= 15 is 0 Å². The summed E-state index contributed by atoms with van der Waals surface area (Å²) in [5.41, 5.74) is 1.39. The Hall–Kier alpha value is -1.36. The number of carbonyl (C=O) groups is 1. The third kappa shape index (κ3) is 2.85. The maximum Gasteiger partial charge on any atom is 0.339 e. The molecule has 5 heteroatoms. The van der Waals surface area contributed by atoms with Crippen molar-refractivity contribution in [3.8, 4) is 0 Å². The van der Waals surface area contributed by atoms with Gasteiger partial charge >= 0.3 is 5.97 Å². The summed E-state index contributed by atoms with van der Waals surface area (Å²) in [7, 11) is 1.34. The van der Waals surface area contributed by atoms with Crippen LogP contribution in [0.4, 0.5) is 5.82 Å². The quantitative estimate of drug-likeness (QED) is 0.868. The normalized spacial score (nSPS) is 14.2. The largest absolute Gasteiger partial charge is 0.465 e. The molecule has 1 heterocycles. The van der Waals surface area contributed by atoms with Gasteiger partial charge in [-0.2, -0.15) is 0 Å². The average Bonchev–Trinajstić information content (AvgIpc) is 3.14. The molecule has 0 amide bonds. The highest BCUT2D eigenvalue weighted by Crippen LogP contribution is 2.36. The summed E-state index contributed by atoms with van der Waals surface area (Å²) in [6, 6.07) is 1.68. The second-order valence-electron chi connectivity index (χ2n) is 3.97. The summed E-state index contributed by atoms with van der Waals surface area (Å²) in [6.45, 7) is 3.96. The Morgan fingerprint density at radius 3 is 2.88 bits per heavy atom. The molecule has 1 aliphatic carbocycles. The highest BCUT2D eigenvalue weighted by molar-refractivity contribution is 9.10. The number of anilines is 1. The molecule has 2 rings (SSSR count). The van der Waals surface area contributed by atoms with Crippen molar-refractivity contribution >= 4 is 27.7 Å². The number of hydrogen-bond donors (Lipinski definition) is 1. The van der Waals surface area contributed by atoms with Crippen molar-refractivity contribution in [1.29, 1.82) is 0 Å². The zero-order chi connectivity index (χ0) is 12.4. The van der Waals surface area contributed by atoms with Crippen LogP contribution in [0.2, 0.25) is 0 Å². The Labute approximate surface area is 108 Å². The van der Waals surface area contributed by atoms with E-state index in [2.05, 4.69) is 37.5 Å². The van der Waals surface area contributed by atoms with Crippen LogP contribution in [0.25, 0.3) is 0 Å². The molecule has 1 aromatic rings. The summed E-state index contributed by atoms with van der Waals surface area (Å²) in [6.07, 6.45) is 3.85. The van der Waals surface area contributed by atoms with Crippen LogP contribution in [0.5, 0.6) is 0 Å². The van der Waals surface area contributed by atoms with Gasteiger partial charge in [0.25, 0.3) is 0 Å². The van der Waals surface area contributed by atoms with Crippen molar-refractivity contribution < 1.29 is 9.53 Å². The predicted molar refractivity (Wildman–Crippen MR) is 68.8 cm³/mol. The summed E-state index contributed by atoms with van der Waals surface area (Å²) >= 11 is 3.37. The van der Waals surface area contributed by atoms with E-state index in [1.165, 1.54) is 26.1 Å². The molecule has 4 nitrogen and oxygen atoms in total. The van der Waals surface area contributed by atoms with Gasteiger partial charge in [0, 0.05) is 11.9 Å². The number of pyridine rings is 1. The summed E-state index contributed by atoms with van der Waals surface area (Å²) in [5.74, 6) is 0.837. The number of allylic oxidation sites excluding steroid dienone is 1. The van der Waals surface area contributed by atoms with Crippen LogP contribution in [0.3, 0.4) is 0 Å². The lowest BCUT2D eigenvalue weighted by molar-refractivity contribution is 0.0600. The summed E-state index contributed by atoms with van der Waals surface area (Å²) in [4.78, 5) is 15.5. The molecule has 1 N–H and O–H groups in total. The lowest BCUT2D eigenvalue weighted by Gasteiger charge is -2.10. The number of hydrogen-bond acceptors (Lipinski definition) is 4. The van der Waals surface area contributed by atoms with E-state index in [4.69, 9.17) is 0 Å². The van der Waals surface area contributed by atoms with Crippen LogP contribution in [-0.2, 0) is 4.74 Å². The van der Waals surface area contributed by atoms with Gasteiger partial charge < -0.3 is 10.1 Å². The summed E-state index contributed by atoms with van der Waals surface area (Å²) < 4.78 is 5.35. The Kier molecular flexibility index (Phi) is 3.47. The topological polar surface area (TPSA) is 51.2 Å². The van der Waals surface area contributed by atoms with E-state index in [0.717, 1.165) is 10.2 Å². The molecule has 1 aliphatic rings. The molecule has 0 unspecified atom stereocenters. The molecule has 17 heavy (non-hydrogen) atoms. The van der Waals surface area contributed by atoms with Crippen molar-refractivity contribution in [2.24, 2.45) is 5.92 Å². The number of carbonyl (C=O) groups excluding carboxylic acids is 1. The molecule has 0 aliphatic heterocycles. The Bertz CT molecular complexity index is 470. The minimum atomic E-state index is -0.397. The zero-order valence-electron chi connectivity index (χ0n) is 9.50. The van der Waals surface area contributed by atoms with E-state index in [-0.39, 0.29) is 0 Å². The molecular weight excluding hydrogens is 284 g/mol. The number of ether oxygens (including phenoxy) is 1. The van der Waals surface area contributed by atoms with Crippen LogP contribution in [0, 0.1) is 5.92 Å². The van der Waals surface area contributed by atoms with Crippen molar-refractivity contribution in [2.75, 3.05) is 12.4 Å². The molecule has 0 spiro atoms. The highest BCUT2D eigenvalue weighted by atomic mass is 79.9. The number of methoxy groups -OCH3 is 1. The maximum absolute atomic E-state index is 11.3. The van der Waals surface area contributed by atoms with Crippen LogP contribution in [0.1, 0.15) is 23.2 Å². The smallest absolute Gasteiger partial charge is 0.339 e. The first kappa shape index (κ1) is 12.1. The van der Waals surface area contributed by atoms with Crippen molar-refractivity contribution in [3.05, 3.63) is 34.6 Å². The molecule has 0 bridgehead atoms. The fourth-order valence-electron chi connectivity index (χ4n) is 1.45. The van der Waals surface area contributed by atoms with Gasteiger partial charge in [0.2, 0.25) is 0 Å². The first-order valence-electron chi connectivity index (χ1n) is 5.31. The average molecular weight is 297 g/mol. The molecule has 1 saturated carbocycles. The molecule has 0 aromatic carbocycles. The minimum Gasteiger partial charge on any atom is -0.465 e. The maximum atomic E-state index is 11.3. The Balaban J connectivity index is 2.13. The van der Waals surface area contributed by atoms with Gasteiger partial charge in [0.05, 0.1) is 17.1 Å². The van der Waals surface area contributed by atoms with Crippen molar-refractivity contribution in [3.63, 3.8) is 0 Å². The fraction of sp³-hybridized carbons (Fsp3) is 0.333. The number of rotatable bonds is 4. The van der Waals surface area contributed by atoms with Gasteiger partial charge in [-0.25, -0.2) is 9.78 Å². The predicted octanol–water partition coefficient (Wildman–Crippen LogP) is 2.97. The van der Waals surface area contributed by atoms with E-state index in [0.29, 0.717) is 17.3 Å². The second-order valence-corrected chi connectivity index (χ2v) is 4.82. The second kappa shape index (κ2) is 4.87. The van der Waals surface area contributed by atoms with Crippen LogP contribution >= 0.6 is 15.9 Å². The van der Waals surface area contributed by atoms with E-state index in [9.17, 15) is 4.79 Å². The lowest BCUT2D eigenvalue weighted by atomic mass is 10.2. The van der Waals surface area contributed by atoms with Gasteiger partial charge in [0.1, 0.15) is 5.82 Å². The van der Waals surface area contributed by atoms with E-state index in [1.807, 2.05) is 0 Å². The third-order valence-corrected chi connectivity index (χ3v) is 3.22. The number of nitrogens with one attached hydrogen (secondary N) is 1. The zero-order valence-corrected chi connectivity index (χ0v) is 11.1. The first-order valence-corrected chi connectivity index (χ1v) is 6.11. The number of nitrogens with zero attached hydrogens (tertiary/aromatic N) is 1. The van der Waals surface area contributed by atoms with E-state index < -0.39 is 5.97 Å². The standard InChI is InChI=1S/C12H13BrN2O2/c1-7(8-3-4-8)15-11-10(13)5-9(6-14-11)12(16)17-2/h5-6,8H,1,3-4H2,2H3,(H,14,15). The van der Waals surface area contributed by atoms with Gasteiger partial charge in [-0.1, -0.05) is 6.58 Å². The third-order valence-electron chi connectivity index (χ3n) is 2.61. The van der Waals surface area contributed by atoms with Crippen LogP contribution in [0.15, 0.2) is 29.0 Å². The van der Waals surface area contributed by atoms with Gasteiger partial charge in [-0.3, -0.25) is 0 Å². The van der Waals surface area contributed by atoms with Crippen LogP contribution < -0.4 is 5.32 Å². The molecule has 0 saturated heterocycles. The lowest BCUT2D eigenvalue weighted by Crippen LogP contribution is -2.06. The highest BCUT2D eigenvalue weighted by Gasteiger charge is 2.25. The number of halogens is 1. The number of aromatic nitrogens is 1. The SMILES string of the molecule is C=C(Nc1ncc(C(=O)OC)cc1Br)C1CC1. The van der Waals surface area contributed by atoms with Gasteiger partial charge in [-0.05, 0) is 40.8 Å². The summed E-state index contributed by atoms with van der Waals surface area (Å²) in [5, 5.41) is 3.15. The van der Waals surface area contributed by atoms with Crippen LogP contribution in [-0.4, -0.2) is 18.1 Å². The Morgan fingerprint density at radius 2 is 2.35 bits per heavy atom. The van der Waals surface area contributed by atoms with E-state index in [1.54, 1.807) is 6.07 Å². The van der Waals surface area contributed by atoms with Gasteiger partial charge in [-0.15, -0.1) is 0 Å². The molecule has 1 aromatic heterocycles. The van der Waals surface area contributed by atoms with Crippen molar-refractivity contribution in [1.82, 2.24) is 4.98 Å².